The first kappa shape index (κ1) is 10.2. The Morgan fingerprint density at radius 1 is 1.46 bits per heavy atom. The summed E-state index contributed by atoms with van der Waals surface area (Å²) in [6, 6.07) is 2.24. The molecule has 2 N–H and O–H groups in total. The van der Waals surface area contributed by atoms with Gasteiger partial charge in [-0.2, -0.15) is 0 Å². The molecule has 0 aliphatic heterocycles. The molecule has 0 aromatic carbocycles. The van der Waals surface area contributed by atoms with Gasteiger partial charge in [0.25, 0.3) is 0 Å². The molecule has 0 fully saturated rings. The highest BCUT2D eigenvalue weighted by Crippen LogP contribution is 2.17. The van der Waals surface area contributed by atoms with Crippen LogP contribution in [0.15, 0.2) is 12.3 Å². The monoisotopic (exact) mass is 178 g/mol. The molecule has 0 unspecified atom stereocenters. The van der Waals surface area contributed by atoms with E-state index in [1.165, 1.54) is 11.1 Å². The molecule has 1 heterocycles. The maximum Gasteiger partial charge on any atom is 0.0600 e. The molecule has 0 bridgehead atoms. The number of hydrogen-bond acceptors (Lipinski definition) is 2. The van der Waals surface area contributed by atoms with Crippen molar-refractivity contribution >= 4 is 0 Å². The predicted octanol–water partition coefficient (Wildman–Crippen LogP) is 2.50. The lowest BCUT2D eigenvalue weighted by molar-refractivity contribution is 0.617. The van der Waals surface area contributed by atoms with E-state index in [-0.39, 0.29) is 6.04 Å². The Hall–Kier alpha value is -0.890. The van der Waals surface area contributed by atoms with Crippen LogP contribution >= 0.6 is 0 Å². The van der Waals surface area contributed by atoms with Gasteiger partial charge in [0, 0.05) is 12.2 Å². The van der Waals surface area contributed by atoms with E-state index in [0.717, 1.165) is 18.5 Å². The molecule has 1 rings (SSSR count). The number of nitrogens with zero attached hydrogens (tertiary/aromatic N) is 1. The van der Waals surface area contributed by atoms with Crippen molar-refractivity contribution in [2.45, 2.75) is 39.7 Å². The minimum absolute atomic E-state index is 0.102. The first-order valence-electron chi connectivity index (χ1n) is 4.84. The lowest BCUT2D eigenvalue weighted by atomic mass is 10.0. The third-order valence-electron chi connectivity index (χ3n) is 2.21. The van der Waals surface area contributed by atoms with Crippen LogP contribution in [0.5, 0.6) is 0 Å². The summed E-state index contributed by atoms with van der Waals surface area (Å²) in [6.45, 7) is 6.27. The SMILES string of the molecule is CCC[C@@H](N)c1ncc(C)cc1C. The zero-order chi connectivity index (χ0) is 9.84. The summed E-state index contributed by atoms with van der Waals surface area (Å²) in [5.74, 6) is 0. The van der Waals surface area contributed by atoms with Crippen LogP contribution in [0.3, 0.4) is 0 Å². The van der Waals surface area contributed by atoms with Gasteiger partial charge in [-0.1, -0.05) is 19.4 Å². The minimum atomic E-state index is 0.102. The summed E-state index contributed by atoms with van der Waals surface area (Å²) >= 11 is 0. The number of aryl methyl sites for hydroxylation is 2. The van der Waals surface area contributed by atoms with Crippen molar-refractivity contribution in [2.24, 2.45) is 5.73 Å². The molecule has 72 valence electrons. The second-order valence-corrected chi connectivity index (χ2v) is 3.61. The van der Waals surface area contributed by atoms with E-state index >= 15 is 0 Å². The second kappa shape index (κ2) is 4.38. The molecule has 1 aromatic heterocycles. The van der Waals surface area contributed by atoms with Crippen LogP contribution in [0.1, 0.15) is 42.6 Å². The Morgan fingerprint density at radius 2 is 2.15 bits per heavy atom. The normalized spacial score (nSPS) is 12.9. The van der Waals surface area contributed by atoms with Crippen LogP contribution in [0.25, 0.3) is 0 Å². The fourth-order valence-electron chi connectivity index (χ4n) is 1.56. The summed E-state index contributed by atoms with van der Waals surface area (Å²) in [4.78, 5) is 4.37. The highest BCUT2D eigenvalue weighted by atomic mass is 14.8. The number of nitrogens with two attached hydrogens (primary N) is 1. The quantitative estimate of drug-likeness (QED) is 0.772. The Balaban J connectivity index is 2.88. The van der Waals surface area contributed by atoms with Crippen LogP contribution in [0.4, 0.5) is 0 Å². The molecule has 0 aliphatic carbocycles. The lowest BCUT2D eigenvalue weighted by Gasteiger charge is -2.12. The van der Waals surface area contributed by atoms with Crippen LogP contribution < -0.4 is 5.73 Å². The molecule has 13 heavy (non-hydrogen) atoms. The zero-order valence-electron chi connectivity index (χ0n) is 8.67. The van der Waals surface area contributed by atoms with Crippen molar-refractivity contribution in [3.8, 4) is 0 Å². The molecule has 0 saturated heterocycles. The van der Waals surface area contributed by atoms with Gasteiger partial charge in [0.1, 0.15) is 0 Å². The second-order valence-electron chi connectivity index (χ2n) is 3.61. The number of hydrogen-bond donors (Lipinski definition) is 1. The van der Waals surface area contributed by atoms with E-state index in [1.807, 2.05) is 6.20 Å². The molecule has 1 aromatic rings. The number of aromatic nitrogens is 1. The lowest BCUT2D eigenvalue weighted by Crippen LogP contribution is -2.13. The van der Waals surface area contributed by atoms with Crippen molar-refractivity contribution < 1.29 is 0 Å². The van der Waals surface area contributed by atoms with Gasteiger partial charge >= 0.3 is 0 Å². The van der Waals surface area contributed by atoms with E-state index in [9.17, 15) is 0 Å². The van der Waals surface area contributed by atoms with Gasteiger partial charge < -0.3 is 5.73 Å². The van der Waals surface area contributed by atoms with Crippen molar-refractivity contribution in [1.82, 2.24) is 4.98 Å². The first-order valence-corrected chi connectivity index (χ1v) is 4.84. The van der Waals surface area contributed by atoms with Crippen molar-refractivity contribution in [2.75, 3.05) is 0 Å². The minimum Gasteiger partial charge on any atom is -0.323 e. The third-order valence-corrected chi connectivity index (χ3v) is 2.21. The summed E-state index contributed by atoms with van der Waals surface area (Å²) in [6.07, 6.45) is 4.00. The third kappa shape index (κ3) is 2.52. The average molecular weight is 178 g/mol. The average Bonchev–Trinajstić information content (AvgIpc) is 2.04. The maximum absolute atomic E-state index is 5.99. The van der Waals surface area contributed by atoms with E-state index in [1.54, 1.807) is 0 Å². The Bertz CT molecular complexity index is 281. The highest BCUT2D eigenvalue weighted by molar-refractivity contribution is 5.25. The molecule has 0 saturated carbocycles. The number of rotatable bonds is 3. The molecule has 0 aliphatic rings. The smallest absolute Gasteiger partial charge is 0.0600 e. The maximum atomic E-state index is 5.99. The van der Waals surface area contributed by atoms with Gasteiger partial charge in [-0.3, -0.25) is 4.98 Å². The van der Waals surface area contributed by atoms with E-state index in [4.69, 9.17) is 5.73 Å². The standard InChI is InChI=1S/C11H18N2/c1-4-5-10(12)11-9(3)6-8(2)7-13-11/h6-7,10H,4-5,12H2,1-3H3/t10-/m1/s1. The fraction of sp³-hybridized carbons (Fsp3) is 0.545. The molecule has 2 nitrogen and oxygen atoms in total. The predicted molar refractivity (Wildman–Crippen MR) is 55.5 cm³/mol. The molecule has 1 atom stereocenters. The van der Waals surface area contributed by atoms with Gasteiger partial charge in [0.2, 0.25) is 0 Å². The molecule has 2 heteroatoms. The Kier molecular flexibility index (Phi) is 3.43. The Morgan fingerprint density at radius 3 is 2.69 bits per heavy atom. The molecule has 0 spiro atoms. The summed E-state index contributed by atoms with van der Waals surface area (Å²) in [5.41, 5.74) is 9.45. The van der Waals surface area contributed by atoms with Crippen LogP contribution in [-0.2, 0) is 0 Å². The van der Waals surface area contributed by atoms with Crippen molar-refractivity contribution in [3.05, 3.63) is 29.1 Å². The van der Waals surface area contributed by atoms with E-state index in [2.05, 4.69) is 31.8 Å². The molecular weight excluding hydrogens is 160 g/mol. The van der Waals surface area contributed by atoms with E-state index in [0.29, 0.717) is 0 Å². The van der Waals surface area contributed by atoms with Crippen LogP contribution in [0.2, 0.25) is 0 Å². The largest absolute Gasteiger partial charge is 0.323 e. The molecule has 0 radical (unpaired) electrons. The summed E-state index contributed by atoms with van der Waals surface area (Å²) < 4.78 is 0. The molecular formula is C11H18N2. The van der Waals surface area contributed by atoms with Gasteiger partial charge in [-0.25, -0.2) is 0 Å². The fourth-order valence-corrected chi connectivity index (χ4v) is 1.56. The van der Waals surface area contributed by atoms with Gasteiger partial charge in [0.05, 0.1) is 5.69 Å². The van der Waals surface area contributed by atoms with Gasteiger partial charge in [-0.15, -0.1) is 0 Å². The first-order chi connectivity index (χ1) is 6.15. The topological polar surface area (TPSA) is 38.9 Å². The van der Waals surface area contributed by atoms with E-state index < -0.39 is 0 Å². The van der Waals surface area contributed by atoms with Crippen molar-refractivity contribution in [1.29, 1.82) is 0 Å². The molecule has 0 amide bonds. The summed E-state index contributed by atoms with van der Waals surface area (Å²) in [5, 5.41) is 0. The zero-order valence-corrected chi connectivity index (χ0v) is 8.67. The van der Waals surface area contributed by atoms with Gasteiger partial charge in [0.15, 0.2) is 0 Å². The van der Waals surface area contributed by atoms with Gasteiger partial charge in [-0.05, 0) is 31.4 Å². The number of pyridine rings is 1. The highest BCUT2D eigenvalue weighted by Gasteiger charge is 2.08. The van der Waals surface area contributed by atoms with Crippen LogP contribution in [0, 0.1) is 13.8 Å². The van der Waals surface area contributed by atoms with Crippen molar-refractivity contribution in [3.63, 3.8) is 0 Å². The Labute approximate surface area is 80.2 Å². The summed E-state index contributed by atoms with van der Waals surface area (Å²) in [7, 11) is 0. The van der Waals surface area contributed by atoms with Crippen LogP contribution in [-0.4, -0.2) is 4.98 Å².